The van der Waals surface area contributed by atoms with E-state index in [0.29, 0.717) is 12.1 Å². The molecule has 0 amide bonds. The maximum absolute atomic E-state index is 12.1. The number of nitrogens with one attached hydrogen (secondary N) is 1. The topological polar surface area (TPSA) is 64.0 Å². The zero-order valence-corrected chi connectivity index (χ0v) is 13.8. The maximum atomic E-state index is 12.1. The Balaban J connectivity index is 1.95. The lowest BCUT2D eigenvalue weighted by atomic mass is 10.2. The van der Waals surface area contributed by atoms with Crippen LogP contribution in [-0.2, 0) is 10.0 Å². The van der Waals surface area contributed by atoms with Gasteiger partial charge in [0.15, 0.2) is 0 Å². The quantitative estimate of drug-likeness (QED) is 0.752. The van der Waals surface area contributed by atoms with Crippen molar-refractivity contribution in [2.45, 2.75) is 19.8 Å². The molecule has 0 unspecified atom stereocenters. The first-order chi connectivity index (χ1) is 11.1. The lowest BCUT2D eigenvalue weighted by Gasteiger charge is -2.09. The van der Waals surface area contributed by atoms with Crippen LogP contribution >= 0.6 is 0 Å². The molecule has 0 saturated carbocycles. The Morgan fingerprint density at radius 3 is 2.65 bits per heavy atom. The Kier molecular flexibility index (Phi) is 4.34. The molecular formula is C17H19N3O2S. The van der Waals surface area contributed by atoms with Crippen LogP contribution in [0.25, 0.3) is 16.6 Å². The van der Waals surface area contributed by atoms with Crippen LogP contribution in [0, 0.1) is 0 Å². The summed E-state index contributed by atoms with van der Waals surface area (Å²) in [6, 6.07) is 15.2. The van der Waals surface area contributed by atoms with Gasteiger partial charge in [0, 0.05) is 5.39 Å². The predicted octanol–water partition coefficient (Wildman–Crippen LogP) is 3.57. The number of benzene rings is 2. The van der Waals surface area contributed by atoms with E-state index < -0.39 is 10.0 Å². The number of para-hydroxylation sites is 1. The summed E-state index contributed by atoms with van der Waals surface area (Å²) in [6.07, 6.45) is 3.28. The molecule has 0 aliphatic heterocycles. The Morgan fingerprint density at radius 2 is 1.91 bits per heavy atom. The molecule has 2 aromatic carbocycles. The molecule has 5 nitrogen and oxygen atoms in total. The Labute approximate surface area is 136 Å². The summed E-state index contributed by atoms with van der Waals surface area (Å²) in [6.45, 7) is 1.97. The highest BCUT2D eigenvalue weighted by Crippen LogP contribution is 2.22. The highest BCUT2D eigenvalue weighted by Gasteiger charge is 2.11. The van der Waals surface area contributed by atoms with Gasteiger partial charge in [0.05, 0.1) is 28.8 Å². The summed E-state index contributed by atoms with van der Waals surface area (Å²) in [5, 5.41) is 5.36. The zero-order chi connectivity index (χ0) is 16.3. The number of fused-ring (bicyclic) bond motifs is 1. The number of hydrogen-bond donors (Lipinski definition) is 1. The molecule has 0 radical (unpaired) electrons. The molecule has 3 rings (SSSR count). The molecular weight excluding hydrogens is 310 g/mol. The van der Waals surface area contributed by atoms with E-state index in [9.17, 15) is 8.42 Å². The fraction of sp³-hybridized carbons (Fsp3) is 0.235. The fourth-order valence-electron chi connectivity index (χ4n) is 2.42. The minimum Gasteiger partial charge on any atom is -0.283 e. The minimum absolute atomic E-state index is 0.138. The van der Waals surface area contributed by atoms with Gasteiger partial charge in [0.2, 0.25) is 10.0 Å². The highest BCUT2D eigenvalue weighted by atomic mass is 32.2. The third-order valence-corrected chi connectivity index (χ3v) is 4.98. The number of hydrogen-bond acceptors (Lipinski definition) is 3. The minimum atomic E-state index is -3.31. The average Bonchev–Trinajstić information content (AvgIpc) is 2.96. The number of sulfonamides is 1. The lowest BCUT2D eigenvalue weighted by molar-refractivity contribution is 0.598. The molecule has 0 spiro atoms. The van der Waals surface area contributed by atoms with Gasteiger partial charge in [-0.1, -0.05) is 31.5 Å². The molecule has 1 N–H and O–H groups in total. The first kappa shape index (κ1) is 15.6. The summed E-state index contributed by atoms with van der Waals surface area (Å²) in [5.41, 5.74) is 2.37. The van der Waals surface area contributed by atoms with E-state index >= 15 is 0 Å². The van der Waals surface area contributed by atoms with Gasteiger partial charge in [0.25, 0.3) is 0 Å². The first-order valence-corrected chi connectivity index (χ1v) is 9.28. The van der Waals surface area contributed by atoms with Crippen molar-refractivity contribution in [2.24, 2.45) is 0 Å². The van der Waals surface area contributed by atoms with E-state index in [4.69, 9.17) is 0 Å². The number of nitrogens with zero attached hydrogens (tertiary/aromatic N) is 2. The summed E-state index contributed by atoms with van der Waals surface area (Å²) >= 11 is 0. The van der Waals surface area contributed by atoms with E-state index in [1.165, 1.54) is 0 Å². The lowest BCUT2D eigenvalue weighted by Crippen LogP contribution is -2.16. The first-order valence-electron chi connectivity index (χ1n) is 7.63. The Bertz CT molecular complexity index is 902. The number of unbranched alkanes of at least 4 members (excludes halogenated alkanes) is 1. The molecule has 23 heavy (non-hydrogen) atoms. The molecule has 0 aliphatic carbocycles. The molecule has 0 fully saturated rings. The van der Waals surface area contributed by atoms with Crippen molar-refractivity contribution in [1.29, 1.82) is 0 Å². The van der Waals surface area contributed by atoms with E-state index in [2.05, 4.69) is 9.82 Å². The fourth-order valence-corrected chi connectivity index (χ4v) is 3.68. The Morgan fingerprint density at radius 1 is 1.13 bits per heavy atom. The summed E-state index contributed by atoms with van der Waals surface area (Å²) in [5.74, 6) is 0.138. The molecule has 0 saturated heterocycles. The molecule has 0 atom stereocenters. The van der Waals surface area contributed by atoms with Crippen LogP contribution < -0.4 is 4.72 Å². The highest BCUT2D eigenvalue weighted by molar-refractivity contribution is 7.92. The third-order valence-electron chi connectivity index (χ3n) is 3.61. The maximum Gasteiger partial charge on any atom is 0.232 e. The zero-order valence-electron chi connectivity index (χ0n) is 12.9. The second kappa shape index (κ2) is 6.42. The van der Waals surface area contributed by atoms with Crippen molar-refractivity contribution >= 4 is 26.6 Å². The van der Waals surface area contributed by atoms with Crippen LogP contribution in [0.5, 0.6) is 0 Å². The van der Waals surface area contributed by atoms with Gasteiger partial charge in [-0.3, -0.25) is 4.72 Å². The van der Waals surface area contributed by atoms with Crippen molar-refractivity contribution in [3.05, 3.63) is 54.7 Å². The molecule has 1 heterocycles. The van der Waals surface area contributed by atoms with Gasteiger partial charge >= 0.3 is 0 Å². The van der Waals surface area contributed by atoms with Gasteiger partial charge < -0.3 is 0 Å². The molecule has 6 heteroatoms. The van der Waals surface area contributed by atoms with Crippen molar-refractivity contribution in [3.8, 4) is 5.69 Å². The van der Waals surface area contributed by atoms with Gasteiger partial charge in [-0.15, -0.1) is 0 Å². The number of rotatable bonds is 6. The van der Waals surface area contributed by atoms with E-state index in [0.717, 1.165) is 23.0 Å². The van der Waals surface area contributed by atoms with E-state index in [1.807, 2.05) is 49.4 Å². The Hall–Kier alpha value is -2.34. The second-order valence-corrected chi connectivity index (χ2v) is 7.28. The SMILES string of the molecule is CCCCS(=O)(=O)Nc1ccc2cnn(-c3ccccc3)c2c1. The second-order valence-electron chi connectivity index (χ2n) is 5.44. The number of anilines is 1. The average molecular weight is 329 g/mol. The van der Waals surface area contributed by atoms with Crippen LogP contribution in [-0.4, -0.2) is 24.0 Å². The normalized spacial score (nSPS) is 11.7. The van der Waals surface area contributed by atoms with Crippen LogP contribution in [0.2, 0.25) is 0 Å². The molecule has 120 valence electrons. The van der Waals surface area contributed by atoms with Crippen LogP contribution in [0.3, 0.4) is 0 Å². The van der Waals surface area contributed by atoms with Crippen LogP contribution in [0.1, 0.15) is 19.8 Å². The number of aromatic nitrogens is 2. The largest absolute Gasteiger partial charge is 0.283 e. The van der Waals surface area contributed by atoms with Crippen molar-refractivity contribution in [2.75, 3.05) is 10.5 Å². The third kappa shape index (κ3) is 3.53. The summed E-state index contributed by atoms with van der Waals surface area (Å²) in [7, 11) is -3.31. The van der Waals surface area contributed by atoms with E-state index in [-0.39, 0.29) is 5.75 Å². The molecule has 3 aromatic rings. The summed E-state index contributed by atoms with van der Waals surface area (Å²) in [4.78, 5) is 0. The van der Waals surface area contributed by atoms with Gasteiger partial charge in [-0.25, -0.2) is 13.1 Å². The van der Waals surface area contributed by atoms with Gasteiger partial charge in [0.1, 0.15) is 0 Å². The predicted molar refractivity (Wildman–Crippen MR) is 93.4 cm³/mol. The van der Waals surface area contributed by atoms with Gasteiger partial charge in [-0.2, -0.15) is 5.10 Å². The van der Waals surface area contributed by atoms with Crippen LogP contribution in [0.15, 0.2) is 54.7 Å². The molecule has 0 bridgehead atoms. The van der Waals surface area contributed by atoms with Crippen molar-refractivity contribution in [1.82, 2.24) is 9.78 Å². The van der Waals surface area contributed by atoms with Crippen LogP contribution in [0.4, 0.5) is 5.69 Å². The monoisotopic (exact) mass is 329 g/mol. The van der Waals surface area contributed by atoms with E-state index in [1.54, 1.807) is 16.9 Å². The van der Waals surface area contributed by atoms with Crippen molar-refractivity contribution in [3.63, 3.8) is 0 Å². The van der Waals surface area contributed by atoms with Crippen molar-refractivity contribution < 1.29 is 8.42 Å². The smallest absolute Gasteiger partial charge is 0.232 e. The standard InChI is InChI=1S/C17H19N3O2S/c1-2-3-11-23(21,22)19-15-10-9-14-13-18-20(17(14)12-15)16-7-5-4-6-8-16/h4-10,12-13,19H,2-3,11H2,1H3. The van der Waals surface area contributed by atoms with Gasteiger partial charge in [-0.05, 0) is 36.8 Å². The molecule has 0 aliphatic rings. The summed E-state index contributed by atoms with van der Waals surface area (Å²) < 4.78 is 28.6. The molecule has 1 aromatic heterocycles.